The molecule has 0 saturated carbocycles. The van der Waals surface area contributed by atoms with E-state index in [1.807, 2.05) is 6.92 Å². The largest absolute Gasteiger partial charge is 0.393 e. The molecule has 0 aliphatic carbocycles. The van der Waals surface area contributed by atoms with Gasteiger partial charge in [0.2, 0.25) is 0 Å². The van der Waals surface area contributed by atoms with Crippen LogP contribution in [0.1, 0.15) is 118 Å². The average Bonchev–Trinajstić information content (AvgIpc) is 2.57. The molecular weight excluding hydrogens is 318 g/mol. The van der Waals surface area contributed by atoms with Crippen molar-refractivity contribution >= 4 is 0 Å². The van der Waals surface area contributed by atoms with Crippen LogP contribution in [0.15, 0.2) is 12.2 Å². The SMILES string of the molecule is CCCCCCCCCCCCC/C=C/[C@@H](C)[C@@H](N)C(C)(C)CC(C)O. The number of nitrogens with two attached hydrogens (primary N) is 1. The number of rotatable bonds is 17. The highest BCUT2D eigenvalue weighted by atomic mass is 16.3. The summed E-state index contributed by atoms with van der Waals surface area (Å²) in [4.78, 5) is 0. The third-order valence-corrected chi connectivity index (χ3v) is 5.70. The summed E-state index contributed by atoms with van der Waals surface area (Å²) in [5.74, 6) is 0.358. The second-order valence-corrected chi connectivity index (χ2v) is 9.18. The first-order chi connectivity index (χ1) is 12.3. The van der Waals surface area contributed by atoms with Crippen LogP contribution in [-0.2, 0) is 0 Å². The van der Waals surface area contributed by atoms with Crippen molar-refractivity contribution in [1.29, 1.82) is 0 Å². The van der Waals surface area contributed by atoms with Gasteiger partial charge in [0.05, 0.1) is 6.10 Å². The molecule has 0 aromatic carbocycles. The predicted octanol–water partition coefficient (Wildman–Crippen LogP) is 7.00. The summed E-state index contributed by atoms with van der Waals surface area (Å²) in [6.45, 7) is 10.7. The molecular formula is C24H49NO. The first-order valence-electron chi connectivity index (χ1n) is 11.4. The van der Waals surface area contributed by atoms with Crippen LogP contribution < -0.4 is 5.73 Å². The van der Waals surface area contributed by atoms with Crippen LogP contribution in [0.5, 0.6) is 0 Å². The van der Waals surface area contributed by atoms with Crippen molar-refractivity contribution in [2.24, 2.45) is 17.1 Å². The van der Waals surface area contributed by atoms with Crippen molar-refractivity contribution < 1.29 is 5.11 Å². The molecule has 1 unspecified atom stereocenters. The van der Waals surface area contributed by atoms with Crippen LogP contribution in [0.2, 0.25) is 0 Å². The van der Waals surface area contributed by atoms with Crippen LogP contribution >= 0.6 is 0 Å². The molecule has 2 heteroatoms. The number of allylic oxidation sites excluding steroid dienone is 1. The molecule has 2 nitrogen and oxygen atoms in total. The Labute approximate surface area is 165 Å². The standard InChI is InChI=1S/C24H49NO/c1-6-7-8-9-10-11-12-13-14-15-16-17-18-19-21(2)23(25)24(4,5)20-22(3)26/h18-19,21-23,26H,6-17,20,25H2,1-5H3/b19-18+/t21-,22?,23-/m1/s1. The van der Waals surface area contributed by atoms with Crippen molar-refractivity contribution in [3.8, 4) is 0 Å². The number of hydrogen-bond acceptors (Lipinski definition) is 2. The normalized spacial score (nSPS) is 16.1. The van der Waals surface area contributed by atoms with Gasteiger partial charge in [-0.2, -0.15) is 0 Å². The molecule has 3 atom stereocenters. The lowest BCUT2D eigenvalue weighted by Gasteiger charge is -2.35. The monoisotopic (exact) mass is 367 g/mol. The smallest absolute Gasteiger partial charge is 0.0517 e. The van der Waals surface area contributed by atoms with Gasteiger partial charge in [-0.05, 0) is 37.5 Å². The minimum Gasteiger partial charge on any atom is -0.393 e. The topological polar surface area (TPSA) is 46.2 Å². The predicted molar refractivity (Wildman–Crippen MR) is 117 cm³/mol. The summed E-state index contributed by atoms with van der Waals surface area (Å²) >= 11 is 0. The lowest BCUT2D eigenvalue weighted by atomic mass is 9.75. The van der Waals surface area contributed by atoms with Crippen LogP contribution in [0.4, 0.5) is 0 Å². The third-order valence-electron chi connectivity index (χ3n) is 5.70. The molecule has 0 bridgehead atoms. The molecule has 26 heavy (non-hydrogen) atoms. The van der Waals surface area contributed by atoms with Gasteiger partial charge in [0.25, 0.3) is 0 Å². The molecule has 0 amide bonds. The van der Waals surface area contributed by atoms with Crippen LogP contribution in [0.25, 0.3) is 0 Å². The van der Waals surface area contributed by atoms with E-state index in [2.05, 4.69) is 39.8 Å². The molecule has 0 aromatic rings. The van der Waals surface area contributed by atoms with E-state index in [1.165, 1.54) is 77.0 Å². The van der Waals surface area contributed by atoms with Crippen LogP contribution in [0.3, 0.4) is 0 Å². The van der Waals surface area contributed by atoms with Gasteiger partial charge in [-0.3, -0.25) is 0 Å². The Hall–Kier alpha value is -0.340. The van der Waals surface area contributed by atoms with Gasteiger partial charge < -0.3 is 10.8 Å². The molecule has 0 radical (unpaired) electrons. The van der Waals surface area contributed by atoms with Gasteiger partial charge in [0.1, 0.15) is 0 Å². The molecule has 0 saturated heterocycles. The highest BCUT2D eigenvalue weighted by Gasteiger charge is 2.30. The number of aliphatic hydroxyl groups excluding tert-OH is 1. The highest BCUT2D eigenvalue weighted by Crippen LogP contribution is 2.30. The Balaban J connectivity index is 3.65. The Bertz CT molecular complexity index is 335. The molecule has 156 valence electrons. The minimum absolute atomic E-state index is 0.0333. The van der Waals surface area contributed by atoms with E-state index in [0.29, 0.717) is 5.92 Å². The van der Waals surface area contributed by atoms with E-state index in [1.54, 1.807) is 0 Å². The molecule has 0 aliphatic rings. The first kappa shape index (κ1) is 25.7. The van der Waals surface area contributed by atoms with E-state index >= 15 is 0 Å². The average molecular weight is 368 g/mol. The fraction of sp³-hybridized carbons (Fsp3) is 0.917. The Kier molecular flexibility index (Phi) is 15.5. The molecule has 0 heterocycles. The molecule has 0 aliphatic heterocycles. The molecule has 0 fully saturated rings. The van der Waals surface area contributed by atoms with Crippen molar-refractivity contribution in [3.05, 3.63) is 12.2 Å². The third kappa shape index (κ3) is 13.8. The van der Waals surface area contributed by atoms with E-state index in [0.717, 1.165) is 6.42 Å². The summed E-state index contributed by atoms with van der Waals surface area (Å²) in [5.41, 5.74) is 6.39. The van der Waals surface area contributed by atoms with E-state index in [4.69, 9.17) is 5.73 Å². The zero-order valence-electron chi connectivity index (χ0n) is 18.6. The van der Waals surface area contributed by atoms with Gasteiger partial charge in [-0.15, -0.1) is 0 Å². The summed E-state index contributed by atoms with van der Waals surface area (Å²) in [5, 5.41) is 9.64. The van der Waals surface area contributed by atoms with Crippen LogP contribution in [0, 0.1) is 11.3 Å². The minimum atomic E-state index is -0.288. The first-order valence-corrected chi connectivity index (χ1v) is 11.4. The fourth-order valence-electron chi connectivity index (χ4n) is 3.97. The Morgan fingerprint density at radius 1 is 0.846 bits per heavy atom. The summed E-state index contributed by atoms with van der Waals surface area (Å²) in [7, 11) is 0. The second-order valence-electron chi connectivity index (χ2n) is 9.18. The van der Waals surface area contributed by atoms with Crippen molar-refractivity contribution in [2.75, 3.05) is 0 Å². The Morgan fingerprint density at radius 2 is 1.31 bits per heavy atom. The van der Waals surface area contributed by atoms with Crippen molar-refractivity contribution in [1.82, 2.24) is 0 Å². The molecule has 0 aromatic heterocycles. The summed E-state index contributed by atoms with van der Waals surface area (Å²) < 4.78 is 0. The zero-order valence-corrected chi connectivity index (χ0v) is 18.6. The molecule has 3 N–H and O–H groups in total. The maximum Gasteiger partial charge on any atom is 0.0517 e. The quantitative estimate of drug-likeness (QED) is 0.215. The lowest BCUT2D eigenvalue weighted by molar-refractivity contribution is 0.105. The van der Waals surface area contributed by atoms with Gasteiger partial charge in [0.15, 0.2) is 0 Å². The van der Waals surface area contributed by atoms with Gasteiger partial charge in [0, 0.05) is 6.04 Å². The Morgan fingerprint density at radius 3 is 1.77 bits per heavy atom. The highest BCUT2D eigenvalue weighted by molar-refractivity contribution is 4.96. The van der Waals surface area contributed by atoms with Gasteiger partial charge in [-0.1, -0.05) is 104 Å². The van der Waals surface area contributed by atoms with E-state index < -0.39 is 0 Å². The summed E-state index contributed by atoms with van der Waals surface area (Å²) in [6.07, 6.45) is 21.6. The molecule has 0 rings (SSSR count). The summed E-state index contributed by atoms with van der Waals surface area (Å²) in [6, 6.07) is 0.0886. The maximum absolute atomic E-state index is 9.64. The zero-order chi connectivity index (χ0) is 19.8. The van der Waals surface area contributed by atoms with E-state index in [9.17, 15) is 5.11 Å². The number of aliphatic hydroxyl groups is 1. The van der Waals surface area contributed by atoms with Crippen LogP contribution in [-0.4, -0.2) is 17.3 Å². The van der Waals surface area contributed by atoms with Gasteiger partial charge >= 0.3 is 0 Å². The number of hydrogen-bond donors (Lipinski definition) is 2. The van der Waals surface area contributed by atoms with Crippen molar-refractivity contribution in [2.45, 2.75) is 130 Å². The second kappa shape index (κ2) is 15.7. The molecule has 0 spiro atoms. The van der Waals surface area contributed by atoms with Gasteiger partial charge in [-0.25, -0.2) is 0 Å². The number of unbranched alkanes of at least 4 members (excludes halogenated alkanes) is 11. The lowest BCUT2D eigenvalue weighted by Crippen LogP contribution is -2.43. The van der Waals surface area contributed by atoms with E-state index in [-0.39, 0.29) is 17.6 Å². The van der Waals surface area contributed by atoms with Crippen molar-refractivity contribution in [3.63, 3.8) is 0 Å². The fourth-order valence-corrected chi connectivity index (χ4v) is 3.97. The maximum atomic E-state index is 9.64.